The van der Waals surface area contributed by atoms with Crippen molar-refractivity contribution in [3.05, 3.63) is 71.2 Å². The molecule has 0 spiro atoms. The topological polar surface area (TPSA) is 55.5 Å². The minimum atomic E-state index is -0.746. The minimum absolute atomic E-state index is 0.103. The van der Waals surface area contributed by atoms with Crippen molar-refractivity contribution in [1.29, 1.82) is 0 Å². The van der Waals surface area contributed by atoms with E-state index < -0.39 is 5.54 Å². The fraction of sp³-hybridized carbons (Fsp3) is 0.158. The van der Waals surface area contributed by atoms with Crippen LogP contribution in [-0.4, -0.2) is 11.7 Å². The Kier molecular flexibility index (Phi) is 4.26. The number of aliphatic hydroxyl groups is 1. The fourth-order valence-electron chi connectivity index (χ4n) is 2.40. The molecule has 3 aromatic rings. The van der Waals surface area contributed by atoms with Crippen LogP contribution in [0.15, 0.2) is 60.7 Å². The predicted octanol–water partition coefficient (Wildman–Crippen LogP) is 4.45. The van der Waals surface area contributed by atoms with E-state index in [0.29, 0.717) is 10.8 Å². The molecule has 0 amide bonds. The van der Waals surface area contributed by atoms with Crippen LogP contribution in [0.5, 0.6) is 11.5 Å². The van der Waals surface area contributed by atoms with Crippen LogP contribution in [0.3, 0.4) is 0 Å². The second-order valence-electron chi connectivity index (χ2n) is 5.86. The number of rotatable bonds is 4. The maximum Gasteiger partial charge on any atom is 0.128 e. The highest BCUT2D eigenvalue weighted by Gasteiger charge is 2.19. The van der Waals surface area contributed by atoms with Gasteiger partial charge in [0.25, 0.3) is 0 Å². The highest BCUT2D eigenvalue weighted by Crippen LogP contribution is 2.29. The lowest BCUT2D eigenvalue weighted by molar-refractivity contribution is 0.210. The van der Waals surface area contributed by atoms with Crippen LogP contribution >= 0.6 is 11.6 Å². The number of ether oxygens (including phenoxy) is 1. The Labute approximate surface area is 140 Å². The molecule has 0 aromatic heterocycles. The van der Waals surface area contributed by atoms with Gasteiger partial charge in [-0.25, -0.2) is 0 Å². The zero-order valence-corrected chi connectivity index (χ0v) is 13.5. The summed E-state index contributed by atoms with van der Waals surface area (Å²) < 4.78 is 5.84. The molecule has 3 aromatic carbocycles. The Morgan fingerprint density at radius 3 is 2.43 bits per heavy atom. The van der Waals surface area contributed by atoms with Crippen LogP contribution < -0.4 is 10.5 Å². The van der Waals surface area contributed by atoms with E-state index in [4.69, 9.17) is 22.1 Å². The Morgan fingerprint density at radius 2 is 1.70 bits per heavy atom. The van der Waals surface area contributed by atoms with Crippen LogP contribution in [0.4, 0.5) is 0 Å². The highest BCUT2D eigenvalue weighted by molar-refractivity contribution is 6.30. The summed E-state index contributed by atoms with van der Waals surface area (Å²) in [5.74, 6) is 1.44. The smallest absolute Gasteiger partial charge is 0.128 e. The first-order valence-corrected chi connectivity index (χ1v) is 7.73. The normalized spacial score (nSPS) is 13.7. The Balaban J connectivity index is 1.92. The molecule has 3 rings (SSSR count). The molecular weight excluding hydrogens is 310 g/mol. The summed E-state index contributed by atoms with van der Waals surface area (Å²) >= 11 is 5.97. The fourth-order valence-corrected chi connectivity index (χ4v) is 2.58. The molecule has 3 nitrogen and oxygen atoms in total. The second-order valence-corrected chi connectivity index (χ2v) is 6.30. The molecule has 4 heteroatoms. The molecule has 0 aliphatic carbocycles. The predicted molar refractivity (Wildman–Crippen MR) is 94.1 cm³/mol. The van der Waals surface area contributed by atoms with Gasteiger partial charge in [0.05, 0.1) is 12.1 Å². The Morgan fingerprint density at radius 1 is 1.00 bits per heavy atom. The van der Waals surface area contributed by atoms with E-state index in [1.807, 2.05) is 55.5 Å². The maximum absolute atomic E-state index is 9.39. The maximum atomic E-state index is 9.39. The Bertz CT molecular complexity index is 846. The summed E-state index contributed by atoms with van der Waals surface area (Å²) in [6.45, 7) is 1.71. The Hall–Kier alpha value is -2.07. The molecule has 23 heavy (non-hydrogen) atoms. The van der Waals surface area contributed by atoms with Crippen molar-refractivity contribution in [2.45, 2.75) is 12.5 Å². The van der Waals surface area contributed by atoms with Crippen LogP contribution in [-0.2, 0) is 5.54 Å². The number of halogens is 1. The van der Waals surface area contributed by atoms with Gasteiger partial charge in [-0.3, -0.25) is 0 Å². The standard InChI is InChI=1S/C19H18ClNO2/c1-19(21,12-22)15-7-5-14-10-18(8-6-13(14)9-15)23-17-4-2-3-16(20)11-17/h2-11,22H,12,21H2,1H3/t19-/m0/s1. The van der Waals surface area contributed by atoms with Crippen LogP contribution in [0.25, 0.3) is 10.8 Å². The first-order chi connectivity index (χ1) is 11.0. The average molecular weight is 328 g/mol. The molecular formula is C19H18ClNO2. The monoisotopic (exact) mass is 327 g/mol. The second kappa shape index (κ2) is 6.20. The summed E-state index contributed by atoms with van der Waals surface area (Å²) in [7, 11) is 0. The van der Waals surface area contributed by atoms with Crippen molar-refractivity contribution in [3.63, 3.8) is 0 Å². The third-order valence-electron chi connectivity index (χ3n) is 3.83. The summed E-state index contributed by atoms with van der Waals surface area (Å²) in [6, 6.07) is 19.0. The molecule has 1 atom stereocenters. The first-order valence-electron chi connectivity index (χ1n) is 7.35. The van der Waals surface area contributed by atoms with E-state index >= 15 is 0 Å². The summed E-state index contributed by atoms with van der Waals surface area (Å²) in [5, 5.41) is 12.1. The minimum Gasteiger partial charge on any atom is -0.457 e. The molecule has 0 saturated heterocycles. The molecule has 0 saturated carbocycles. The summed E-state index contributed by atoms with van der Waals surface area (Å²) in [4.78, 5) is 0. The molecule has 0 heterocycles. The number of benzene rings is 3. The molecule has 0 aliphatic heterocycles. The van der Waals surface area contributed by atoms with E-state index in [9.17, 15) is 5.11 Å². The van der Waals surface area contributed by atoms with Crippen molar-refractivity contribution < 1.29 is 9.84 Å². The van der Waals surface area contributed by atoms with E-state index in [2.05, 4.69) is 0 Å². The number of aliphatic hydroxyl groups excluding tert-OH is 1. The molecule has 0 fully saturated rings. The average Bonchev–Trinajstić information content (AvgIpc) is 2.54. The van der Waals surface area contributed by atoms with Crippen molar-refractivity contribution in [2.75, 3.05) is 6.61 Å². The first kappa shape index (κ1) is 15.8. The highest BCUT2D eigenvalue weighted by atomic mass is 35.5. The van der Waals surface area contributed by atoms with Crippen LogP contribution in [0.2, 0.25) is 5.02 Å². The molecule has 3 N–H and O–H groups in total. The zero-order valence-electron chi connectivity index (χ0n) is 12.8. The van der Waals surface area contributed by atoms with Crippen molar-refractivity contribution in [2.24, 2.45) is 5.73 Å². The third kappa shape index (κ3) is 3.48. The zero-order chi connectivity index (χ0) is 16.4. The molecule has 0 aliphatic rings. The summed E-state index contributed by atoms with van der Waals surface area (Å²) in [6.07, 6.45) is 0. The SMILES string of the molecule is C[C@](N)(CO)c1ccc2cc(Oc3cccc(Cl)c3)ccc2c1. The summed E-state index contributed by atoms with van der Waals surface area (Å²) in [5.41, 5.74) is 6.24. The molecule has 0 radical (unpaired) electrons. The van der Waals surface area contributed by atoms with Crippen LogP contribution in [0, 0.1) is 0 Å². The van der Waals surface area contributed by atoms with Gasteiger partial charge < -0.3 is 15.6 Å². The van der Waals surface area contributed by atoms with Gasteiger partial charge in [0, 0.05) is 5.02 Å². The molecule has 0 unspecified atom stereocenters. The van der Waals surface area contributed by atoms with E-state index in [1.165, 1.54) is 0 Å². The van der Waals surface area contributed by atoms with Gasteiger partial charge in [0.15, 0.2) is 0 Å². The third-order valence-corrected chi connectivity index (χ3v) is 4.07. The van der Waals surface area contributed by atoms with Gasteiger partial charge in [0.1, 0.15) is 11.5 Å². The van der Waals surface area contributed by atoms with E-state index in [0.717, 1.165) is 22.1 Å². The van der Waals surface area contributed by atoms with Crippen molar-refractivity contribution in [1.82, 2.24) is 0 Å². The van der Waals surface area contributed by atoms with Crippen molar-refractivity contribution >= 4 is 22.4 Å². The van der Waals surface area contributed by atoms with Crippen LogP contribution in [0.1, 0.15) is 12.5 Å². The number of nitrogens with two attached hydrogens (primary N) is 1. The quantitative estimate of drug-likeness (QED) is 0.744. The lowest BCUT2D eigenvalue weighted by atomic mass is 9.92. The van der Waals surface area contributed by atoms with Gasteiger partial charge in [-0.15, -0.1) is 0 Å². The lowest BCUT2D eigenvalue weighted by Crippen LogP contribution is -2.36. The number of hydrogen-bond donors (Lipinski definition) is 2. The van der Waals surface area contributed by atoms with E-state index in [1.54, 1.807) is 12.1 Å². The van der Waals surface area contributed by atoms with Gasteiger partial charge in [-0.05, 0) is 59.7 Å². The van der Waals surface area contributed by atoms with E-state index in [-0.39, 0.29) is 6.61 Å². The van der Waals surface area contributed by atoms with Gasteiger partial charge >= 0.3 is 0 Å². The number of fused-ring (bicyclic) bond motifs is 1. The molecule has 0 bridgehead atoms. The molecule has 118 valence electrons. The van der Waals surface area contributed by atoms with Gasteiger partial charge in [-0.1, -0.05) is 35.9 Å². The van der Waals surface area contributed by atoms with Gasteiger partial charge in [-0.2, -0.15) is 0 Å². The van der Waals surface area contributed by atoms with Gasteiger partial charge in [0.2, 0.25) is 0 Å². The number of hydrogen-bond acceptors (Lipinski definition) is 3. The van der Waals surface area contributed by atoms with Crippen molar-refractivity contribution in [3.8, 4) is 11.5 Å². The largest absolute Gasteiger partial charge is 0.457 e. The lowest BCUT2D eigenvalue weighted by Gasteiger charge is -2.22.